The number of aliphatic imine (C=N–C) groups is 1. The van der Waals surface area contributed by atoms with Gasteiger partial charge in [0.2, 0.25) is 23.6 Å². The van der Waals surface area contributed by atoms with Crippen LogP contribution >= 0.6 is 0 Å². The van der Waals surface area contributed by atoms with E-state index in [1.807, 2.05) is 0 Å². The fourth-order valence-corrected chi connectivity index (χ4v) is 4.12. The molecule has 12 N–H and O–H groups in total. The highest BCUT2D eigenvalue weighted by Gasteiger charge is 2.31. The third-order valence-electron chi connectivity index (χ3n) is 6.26. The summed E-state index contributed by atoms with van der Waals surface area (Å²) < 4.78 is 0. The Balaban J connectivity index is 2.18. The van der Waals surface area contributed by atoms with E-state index >= 15 is 0 Å². The summed E-state index contributed by atoms with van der Waals surface area (Å²) in [6.07, 6.45) is 1.24. The van der Waals surface area contributed by atoms with E-state index in [-0.39, 0.29) is 56.3 Å². The second-order valence-electron chi connectivity index (χ2n) is 9.50. The summed E-state index contributed by atoms with van der Waals surface area (Å²) in [5.41, 5.74) is 16.4. The molecule has 1 aliphatic rings. The van der Waals surface area contributed by atoms with E-state index in [9.17, 15) is 34.2 Å². The Labute approximate surface area is 231 Å². The van der Waals surface area contributed by atoms with Gasteiger partial charge in [-0.1, -0.05) is 12.1 Å². The van der Waals surface area contributed by atoms with E-state index in [4.69, 9.17) is 17.2 Å². The van der Waals surface area contributed by atoms with Gasteiger partial charge < -0.3 is 48.7 Å². The Morgan fingerprint density at radius 2 is 1.60 bits per heavy atom. The second-order valence-corrected chi connectivity index (χ2v) is 9.50. The largest absolute Gasteiger partial charge is 0.508 e. The van der Waals surface area contributed by atoms with Crippen LogP contribution in [0.25, 0.3) is 0 Å². The average Bonchev–Trinajstić information content (AvgIpc) is 3.43. The Morgan fingerprint density at radius 3 is 2.17 bits per heavy atom. The van der Waals surface area contributed by atoms with Crippen molar-refractivity contribution in [1.29, 1.82) is 0 Å². The molecular formula is C25H38N8O7. The van der Waals surface area contributed by atoms with Crippen LogP contribution in [0.4, 0.5) is 0 Å². The number of benzene rings is 1. The average molecular weight is 563 g/mol. The Hall–Kier alpha value is -4.40. The SMILES string of the molecule is NC(=O)CCC(NC(=O)C(Cc1ccc(O)cc1)NC(=O)C1CCCN1)C(=O)NC(CCCN=C(N)N)C(=O)O. The standard InChI is InChI=1S/C25H38N8O7/c26-20(35)10-9-17(22(37)32-18(24(39)40)4-2-12-30-25(27)28)31-23(38)19(13-14-5-7-15(34)8-6-14)33-21(36)16-3-1-11-29-16/h5-8,16-19,29,34H,1-4,9-13H2,(H2,26,35)(H,31,38)(H,32,37)(H,33,36)(H,39,40)(H4,27,28,30). The number of amides is 4. The molecule has 15 heteroatoms. The summed E-state index contributed by atoms with van der Waals surface area (Å²) in [4.78, 5) is 66.2. The van der Waals surface area contributed by atoms with Gasteiger partial charge in [0.25, 0.3) is 0 Å². The van der Waals surface area contributed by atoms with Crippen molar-refractivity contribution < 1.29 is 34.2 Å². The van der Waals surface area contributed by atoms with Gasteiger partial charge in [-0.15, -0.1) is 0 Å². The Morgan fingerprint density at radius 1 is 0.950 bits per heavy atom. The zero-order chi connectivity index (χ0) is 29.7. The Bertz CT molecular complexity index is 1070. The lowest BCUT2D eigenvalue weighted by atomic mass is 10.0. The lowest BCUT2D eigenvalue weighted by molar-refractivity contribution is -0.142. The summed E-state index contributed by atoms with van der Waals surface area (Å²) in [6.45, 7) is 0.817. The van der Waals surface area contributed by atoms with Crippen LogP contribution in [-0.4, -0.2) is 83.0 Å². The van der Waals surface area contributed by atoms with Gasteiger partial charge in [-0.25, -0.2) is 4.79 Å². The predicted octanol–water partition coefficient (Wildman–Crippen LogP) is -2.46. The zero-order valence-electron chi connectivity index (χ0n) is 22.1. The number of nitrogens with zero attached hydrogens (tertiary/aromatic N) is 1. The summed E-state index contributed by atoms with van der Waals surface area (Å²) in [5, 5.41) is 29.8. The normalized spacial score (nSPS) is 16.6. The van der Waals surface area contributed by atoms with Gasteiger partial charge in [-0.3, -0.25) is 24.2 Å². The molecule has 0 aromatic heterocycles. The van der Waals surface area contributed by atoms with E-state index in [1.165, 1.54) is 12.1 Å². The van der Waals surface area contributed by atoms with E-state index in [0.29, 0.717) is 18.5 Å². The van der Waals surface area contributed by atoms with E-state index in [0.717, 1.165) is 6.42 Å². The maximum Gasteiger partial charge on any atom is 0.326 e. The van der Waals surface area contributed by atoms with Crippen molar-refractivity contribution in [3.05, 3.63) is 29.8 Å². The van der Waals surface area contributed by atoms with Crippen LogP contribution in [0.3, 0.4) is 0 Å². The van der Waals surface area contributed by atoms with E-state index < -0.39 is 47.9 Å². The topological polar surface area (TPSA) is 264 Å². The minimum atomic E-state index is -1.32. The zero-order valence-corrected chi connectivity index (χ0v) is 22.1. The maximum atomic E-state index is 13.4. The number of carboxylic acid groups (broad SMARTS) is 1. The lowest BCUT2D eigenvalue weighted by Crippen LogP contribution is -2.57. The molecule has 1 aromatic carbocycles. The van der Waals surface area contributed by atoms with Crippen molar-refractivity contribution in [1.82, 2.24) is 21.3 Å². The number of phenols is 1. The van der Waals surface area contributed by atoms with Crippen LogP contribution in [0, 0.1) is 0 Å². The van der Waals surface area contributed by atoms with Crippen LogP contribution in [0.2, 0.25) is 0 Å². The van der Waals surface area contributed by atoms with Crippen LogP contribution < -0.4 is 38.5 Å². The lowest BCUT2D eigenvalue weighted by Gasteiger charge is -2.25. The molecule has 1 aliphatic heterocycles. The minimum Gasteiger partial charge on any atom is -0.508 e. The second kappa shape index (κ2) is 15.9. The molecule has 220 valence electrons. The molecule has 0 radical (unpaired) electrons. The molecule has 0 saturated carbocycles. The minimum absolute atomic E-state index is 0.00224. The number of nitrogens with one attached hydrogen (secondary N) is 4. The van der Waals surface area contributed by atoms with Gasteiger partial charge in [0, 0.05) is 19.4 Å². The molecule has 0 aliphatic carbocycles. The van der Waals surface area contributed by atoms with Gasteiger partial charge >= 0.3 is 5.97 Å². The molecular weight excluding hydrogens is 524 g/mol. The molecule has 4 atom stereocenters. The summed E-state index contributed by atoms with van der Waals surface area (Å²) in [7, 11) is 0. The number of aromatic hydroxyl groups is 1. The van der Waals surface area contributed by atoms with Crippen molar-refractivity contribution in [3.8, 4) is 5.75 Å². The quantitative estimate of drug-likeness (QED) is 0.0583. The Kier molecular flexibility index (Phi) is 12.6. The number of carbonyl (C=O) groups excluding carboxylic acids is 4. The molecule has 4 unspecified atom stereocenters. The first-order chi connectivity index (χ1) is 19.0. The number of carbonyl (C=O) groups is 5. The predicted molar refractivity (Wildman–Crippen MR) is 145 cm³/mol. The number of primary amides is 1. The van der Waals surface area contributed by atoms with E-state index in [1.54, 1.807) is 12.1 Å². The number of rotatable bonds is 16. The molecule has 15 nitrogen and oxygen atoms in total. The molecule has 1 heterocycles. The van der Waals surface area contributed by atoms with Gasteiger partial charge in [0.05, 0.1) is 6.04 Å². The number of carboxylic acids is 1. The highest BCUT2D eigenvalue weighted by atomic mass is 16.4. The fraction of sp³-hybridized carbons (Fsp3) is 0.520. The van der Waals surface area contributed by atoms with Crippen molar-refractivity contribution in [2.45, 2.75) is 69.1 Å². The van der Waals surface area contributed by atoms with Crippen molar-refractivity contribution in [2.75, 3.05) is 13.1 Å². The van der Waals surface area contributed by atoms with Gasteiger partial charge in [0.1, 0.15) is 23.9 Å². The third-order valence-corrected chi connectivity index (χ3v) is 6.26. The van der Waals surface area contributed by atoms with Gasteiger partial charge in [-0.05, 0) is 56.3 Å². The highest BCUT2D eigenvalue weighted by Crippen LogP contribution is 2.13. The van der Waals surface area contributed by atoms with Crippen molar-refractivity contribution in [3.63, 3.8) is 0 Å². The highest BCUT2D eigenvalue weighted by molar-refractivity contribution is 5.94. The molecule has 1 saturated heterocycles. The van der Waals surface area contributed by atoms with Crippen LogP contribution in [0.15, 0.2) is 29.3 Å². The first kappa shape index (κ1) is 31.8. The number of hydrogen-bond acceptors (Lipinski definition) is 8. The fourth-order valence-electron chi connectivity index (χ4n) is 4.12. The molecule has 0 bridgehead atoms. The molecule has 4 amide bonds. The van der Waals surface area contributed by atoms with Crippen molar-refractivity contribution in [2.24, 2.45) is 22.2 Å². The number of aliphatic carboxylic acids is 1. The first-order valence-electron chi connectivity index (χ1n) is 12.9. The van der Waals surface area contributed by atoms with Crippen LogP contribution in [0.1, 0.15) is 44.1 Å². The molecule has 1 fully saturated rings. The summed E-state index contributed by atoms with van der Waals surface area (Å²) in [6, 6.07) is 1.84. The van der Waals surface area contributed by atoms with E-state index in [2.05, 4.69) is 26.3 Å². The van der Waals surface area contributed by atoms with Crippen LogP contribution in [-0.2, 0) is 30.4 Å². The number of phenolic OH excluding ortho intramolecular Hbond substituents is 1. The summed E-state index contributed by atoms with van der Waals surface area (Å²) >= 11 is 0. The first-order valence-corrected chi connectivity index (χ1v) is 12.9. The van der Waals surface area contributed by atoms with Gasteiger partial charge in [-0.2, -0.15) is 0 Å². The van der Waals surface area contributed by atoms with Gasteiger partial charge in [0.15, 0.2) is 5.96 Å². The molecule has 40 heavy (non-hydrogen) atoms. The van der Waals surface area contributed by atoms with Crippen molar-refractivity contribution >= 4 is 35.6 Å². The number of nitrogens with two attached hydrogens (primary N) is 3. The molecule has 1 aromatic rings. The number of guanidine groups is 1. The smallest absolute Gasteiger partial charge is 0.326 e. The van der Waals surface area contributed by atoms with Crippen LogP contribution in [0.5, 0.6) is 5.75 Å². The maximum absolute atomic E-state index is 13.4. The monoisotopic (exact) mass is 562 g/mol. The third kappa shape index (κ3) is 11.1. The number of hydrogen-bond donors (Lipinski definition) is 9. The summed E-state index contributed by atoms with van der Waals surface area (Å²) in [5.74, 6) is -4.10. The molecule has 2 rings (SSSR count). The molecule has 0 spiro atoms.